The van der Waals surface area contributed by atoms with Gasteiger partial charge >= 0.3 is 6.18 Å². The molecule has 1 rings (SSSR count). The maximum atomic E-state index is 12.3. The minimum atomic E-state index is -4.28. The summed E-state index contributed by atoms with van der Waals surface area (Å²) in [6.45, 7) is -1.30. The number of rotatable bonds is 5. The Kier molecular flexibility index (Phi) is 5.43. The van der Waals surface area contributed by atoms with Crippen LogP contribution in [0.2, 0.25) is 0 Å². The van der Waals surface area contributed by atoms with Gasteiger partial charge in [0.15, 0.2) is 0 Å². The molecule has 0 radical (unpaired) electrons. The number of halogens is 4. The summed E-state index contributed by atoms with van der Waals surface area (Å²) in [5, 5.41) is 8.78. The van der Waals surface area contributed by atoms with E-state index in [2.05, 4.69) is 15.9 Å². The molecule has 0 bridgehead atoms. The van der Waals surface area contributed by atoms with Crippen molar-refractivity contribution in [2.45, 2.75) is 12.7 Å². The van der Waals surface area contributed by atoms with E-state index in [1.165, 1.54) is 0 Å². The number of alkyl halides is 3. The molecule has 0 amide bonds. The molecule has 0 spiro atoms. The molecule has 3 nitrogen and oxygen atoms in total. The van der Waals surface area contributed by atoms with Crippen molar-refractivity contribution in [2.75, 3.05) is 25.4 Å². The second-order valence-corrected chi connectivity index (χ2v) is 4.75. The molecule has 1 aromatic rings. The van der Waals surface area contributed by atoms with E-state index >= 15 is 0 Å². The van der Waals surface area contributed by atoms with Crippen LogP contribution in [0.1, 0.15) is 5.56 Å². The van der Waals surface area contributed by atoms with Gasteiger partial charge in [-0.1, -0.05) is 22.0 Å². The van der Waals surface area contributed by atoms with E-state index in [1.807, 2.05) is 0 Å². The van der Waals surface area contributed by atoms with Gasteiger partial charge in [0.25, 0.3) is 0 Å². The van der Waals surface area contributed by atoms with E-state index in [0.717, 1.165) is 4.90 Å². The van der Waals surface area contributed by atoms with Crippen LogP contribution < -0.4 is 5.73 Å². The van der Waals surface area contributed by atoms with Crippen molar-refractivity contribution in [2.24, 2.45) is 0 Å². The molecule has 0 aliphatic rings. The van der Waals surface area contributed by atoms with Gasteiger partial charge < -0.3 is 10.8 Å². The molecule has 0 fully saturated rings. The van der Waals surface area contributed by atoms with Crippen molar-refractivity contribution in [3.8, 4) is 0 Å². The number of nitrogens with two attached hydrogens (primary N) is 1. The predicted molar refractivity (Wildman–Crippen MR) is 67.0 cm³/mol. The topological polar surface area (TPSA) is 49.5 Å². The largest absolute Gasteiger partial charge is 0.401 e. The van der Waals surface area contributed by atoms with Gasteiger partial charge in [-0.25, -0.2) is 0 Å². The highest BCUT2D eigenvalue weighted by molar-refractivity contribution is 9.10. The number of aliphatic hydroxyl groups is 1. The SMILES string of the molecule is Nc1ccc(CN(CCO)CC(F)(F)F)c(Br)c1. The molecule has 18 heavy (non-hydrogen) atoms. The van der Waals surface area contributed by atoms with Crippen LogP contribution in [0.15, 0.2) is 22.7 Å². The monoisotopic (exact) mass is 326 g/mol. The average molecular weight is 327 g/mol. The number of hydrogen-bond donors (Lipinski definition) is 2. The third kappa shape index (κ3) is 5.24. The second kappa shape index (κ2) is 6.40. The number of aliphatic hydroxyl groups excluding tert-OH is 1. The third-order valence-electron chi connectivity index (χ3n) is 2.29. The maximum Gasteiger partial charge on any atom is 0.401 e. The Hall–Kier alpha value is -0.790. The van der Waals surface area contributed by atoms with Crippen molar-refractivity contribution in [3.63, 3.8) is 0 Å². The zero-order chi connectivity index (χ0) is 13.8. The summed E-state index contributed by atoms with van der Waals surface area (Å²) in [6, 6.07) is 4.94. The van der Waals surface area contributed by atoms with E-state index < -0.39 is 12.7 Å². The van der Waals surface area contributed by atoms with Gasteiger partial charge in [-0.05, 0) is 17.7 Å². The van der Waals surface area contributed by atoms with Gasteiger partial charge in [0.2, 0.25) is 0 Å². The van der Waals surface area contributed by atoms with E-state index in [0.29, 0.717) is 15.7 Å². The van der Waals surface area contributed by atoms with Crippen molar-refractivity contribution in [3.05, 3.63) is 28.2 Å². The lowest BCUT2D eigenvalue weighted by Gasteiger charge is -2.23. The molecule has 102 valence electrons. The molecule has 3 N–H and O–H groups in total. The van der Waals surface area contributed by atoms with E-state index in [9.17, 15) is 13.2 Å². The van der Waals surface area contributed by atoms with Crippen LogP contribution in [-0.4, -0.2) is 35.9 Å². The molecule has 0 saturated heterocycles. The Labute approximate surface area is 112 Å². The summed E-state index contributed by atoms with van der Waals surface area (Å²) in [6.07, 6.45) is -4.28. The van der Waals surface area contributed by atoms with Crippen molar-refractivity contribution < 1.29 is 18.3 Å². The highest BCUT2D eigenvalue weighted by Crippen LogP contribution is 2.23. The van der Waals surface area contributed by atoms with Gasteiger partial charge in [0, 0.05) is 23.2 Å². The summed E-state index contributed by atoms with van der Waals surface area (Å²) in [5.74, 6) is 0. The van der Waals surface area contributed by atoms with Crippen molar-refractivity contribution in [1.82, 2.24) is 4.90 Å². The lowest BCUT2D eigenvalue weighted by atomic mass is 10.2. The molecule has 0 aliphatic heterocycles. The third-order valence-corrected chi connectivity index (χ3v) is 3.03. The lowest BCUT2D eigenvalue weighted by molar-refractivity contribution is -0.148. The first-order valence-electron chi connectivity index (χ1n) is 5.25. The number of nitrogen functional groups attached to an aromatic ring is 1. The van der Waals surface area contributed by atoms with Gasteiger partial charge in [-0.15, -0.1) is 0 Å². The number of nitrogens with zero attached hydrogens (tertiary/aromatic N) is 1. The minimum Gasteiger partial charge on any atom is -0.399 e. The highest BCUT2D eigenvalue weighted by Gasteiger charge is 2.30. The summed E-state index contributed by atoms with van der Waals surface area (Å²) in [5.41, 5.74) is 6.79. The van der Waals surface area contributed by atoms with Gasteiger partial charge in [-0.3, -0.25) is 4.90 Å². The fourth-order valence-electron chi connectivity index (χ4n) is 1.54. The molecule has 0 atom stereocenters. The fourth-order valence-corrected chi connectivity index (χ4v) is 2.06. The summed E-state index contributed by atoms with van der Waals surface area (Å²) >= 11 is 3.26. The zero-order valence-corrected chi connectivity index (χ0v) is 11.1. The molecular weight excluding hydrogens is 313 g/mol. The van der Waals surface area contributed by atoms with Crippen LogP contribution in [0.4, 0.5) is 18.9 Å². The first-order chi connectivity index (χ1) is 8.31. The van der Waals surface area contributed by atoms with E-state index in [4.69, 9.17) is 10.8 Å². The summed E-state index contributed by atoms with van der Waals surface area (Å²) in [7, 11) is 0. The Morgan fingerprint density at radius 1 is 1.33 bits per heavy atom. The normalized spacial score (nSPS) is 12.1. The van der Waals surface area contributed by atoms with Crippen LogP contribution >= 0.6 is 15.9 Å². The molecular formula is C11H14BrF3N2O. The maximum absolute atomic E-state index is 12.3. The quantitative estimate of drug-likeness (QED) is 0.817. The number of anilines is 1. The second-order valence-electron chi connectivity index (χ2n) is 3.90. The minimum absolute atomic E-state index is 0.0314. The van der Waals surface area contributed by atoms with Crippen LogP contribution in [-0.2, 0) is 6.54 Å². The van der Waals surface area contributed by atoms with Gasteiger partial charge in [-0.2, -0.15) is 13.2 Å². The van der Waals surface area contributed by atoms with Crippen LogP contribution in [0.25, 0.3) is 0 Å². The summed E-state index contributed by atoms with van der Waals surface area (Å²) < 4.78 is 37.7. The Morgan fingerprint density at radius 3 is 2.50 bits per heavy atom. The van der Waals surface area contributed by atoms with Crippen molar-refractivity contribution in [1.29, 1.82) is 0 Å². The molecule has 7 heteroatoms. The number of benzene rings is 1. The standard InChI is InChI=1S/C11H14BrF3N2O/c12-10-5-9(16)2-1-8(10)6-17(3-4-18)7-11(13,14)15/h1-2,5,18H,3-4,6-7,16H2. The lowest BCUT2D eigenvalue weighted by Crippen LogP contribution is -2.35. The smallest absolute Gasteiger partial charge is 0.399 e. The average Bonchev–Trinajstić information content (AvgIpc) is 2.20. The van der Waals surface area contributed by atoms with Crippen LogP contribution in [0.5, 0.6) is 0 Å². The molecule has 0 aliphatic carbocycles. The summed E-state index contributed by atoms with van der Waals surface area (Å²) in [4.78, 5) is 1.14. The molecule has 0 heterocycles. The number of hydrogen-bond acceptors (Lipinski definition) is 3. The van der Waals surface area contributed by atoms with Gasteiger partial charge in [0.1, 0.15) is 0 Å². The van der Waals surface area contributed by atoms with Crippen LogP contribution in [0.3, 0.4) is 0 Å². The highest BCUT2D eigenvalue weighted by atomic mass is 79.9. The zero-order valence-electron chi connectivity index (χ0n) is 9.54. The van der Waals surface area contributed by atoms with E-state index in [-0.39, 0.29) is 19.7 Å². The van der Waals surface area contributed by atoms with Gasteiger partial charge in [0.05, 0.1) is 13.2 Å². The van der Waals surface area contributed by atoms with Crippen LogP contribution in [0, 0.1) is 0 Å². The molecule has 1 aromatic carbocycles. The first-order valence-corrected chi connectivity index (χ1v) is 6.05. The Bertz CT molecular complexity index is 398. The molecule has 0 unspecified atom stereocenters. The predicted octanol–water partition coefficient (Wildman–Crippen LogP) is 2.39. The van der Waals surface area contributed by atoms with E-state index in [1.54, 1.807) is 18.2 Å². The molecule has 0 saturated carbocycles. The Balaban J connectivity index is 2.76. The fraction of sp³-hybridized carbons (Fsp3) is 0.455. The molecule has 0 aromatic heterocycles. The van der Waals surface area contributed by atoms with Crippen molar-refractivity contribution >= 4 is 21.6 Å². The first kappa shape index (κ1) is 15.3. The Morgan fingerprint density at radius 2 is 2.00 bits per heavy atom.